The monoisotopic (exact) mass is 352 g/mol. The van der Waals surface area contributed by atoms with Gasteiger partial charge in [-0.2, -0.15) is 0 Å². The van der Waals surface area contributed by atoms with E-state index in [0.29, 0.717) is 12.2 Å². The van der Waals surface area contributed by atoms with E-state index >= 15 is 0 Å². The fourth-order valence-corrected chi connectivity index (χ4v) is 4.32. The predicted molar refractivity (Wildman–Crippen MR) is 89.4 cm³/mol. The predicted octanol–water partition coefficient (Wildman–Crippen LogP) is 4.21. The van der Waals surface area contributed by atoms with Crippen molar-refractivity contribution in [3.8, 4) is 0 Å². The smallest absolute Gasteiger partial charge is 0.243 e. The number of hydrogen-bond acceptors (Lipinski definition) is 3. The van der Waals surface area contributed by atoms with Crippen LogP contribution in [0.1, 0.15) is 45.4 Å². The molecule has 0 bridgehead atoms. The van der Waals surface area contributed by atoms with Crippen LogP contribution in [0.2, 0.25) is 10.0 Å². The van der Waals surface area contributed by atoms with Gasteiger partial charge < -0.3 is 5.73 Å². The molecule has 0 saturated heterocycles. The molecule has 7 heteroatoms. The van der Waals surface area contributed by atoms with Gasteiger partial charge in [-0.05, 0) is 18.6 Å². The van der Waals surface area contributed by atoms with Crippen molar-refractivity contribution < 1.29 is 8.42 Å². The number of benzene rings is 1. The van der Waals surface area contributed by atoms with E-state index in [1.807, 2.05) is 0 Å². The molecular formula is C14H22Cl2N2O2S. The molecule has 0 aliphatic rings. The van der Waals surface area contributed by atoms with Gasteiger partial charge in [0, 0.05) is 12.2 Å². The summed E-state index contributed by atoms with van der Waals surface area (Å²) < 4.78 is 26.9. The molecule has 0 spiro atoms. The van der Waals surface area contributed by atoms with E-state index in [1.165, 1.54) is 31.4 Å². The van der Waals surface area contributed by atoms with Crippen molar-refractivity contribution in [2.75, 3.05) is 12.3 Å². The molecule has 0 fully saturated rings. The summed E-state index contributed by atoms with van der Waals surface area (Å²) >= 11 is 11.9. The highest BCUT2D eigenvalue weighted by Crippen LogP contribution is 2.31. The number of hydrogen-bond donors (Lipinski definition) is 2. The molecule has 0 heterocycles. The highest BCUT2D eigenvalue weighted by molar-refractivity contribution is 7.89. The second kappa shape index (κ2) is 8.83. The molecule has 0 aromatic heterocycles. The van der Waals surface area contributed by atoms with Gasteiger partial charge in [-0.15, -0.1) is 0 Å². The number of nitrogens with one attached hydrogen (secondary N) is 1. The molecule has 1 rings (SSSR count). The van der Waals surface area contributed by atoms with Crippen LogP contribution in [-0.4, -0.2) is 15.0 Å². The van der Waals surface area contributed by atoms with Crippen molar-refractivity contribution >= 4 is 38.9 Å². The van der Waals surface area contributed by atoms with E-state index in [1.54, 1.807) is 0 Å². The van der Waals surface area contributed by atoms with Crippen LogP contribution in [0.25, 0.3) is 0 Å². The summed E-state index contributed by atoms with van der Waals surface area (Å²) in [6.45, 7) is 2.54. The third-order valence-electron chi connectivity index (χ3n) is 3.11. The first-order chi connectivity index (χ1) is 9.88. The molecule has 120 valence electrons. The van der Waals surface area contributed by atoms with E-state index < -0.39 is 10.0 Å². The molecule has 21 heavy (non-hydrogen) atoms. The number of nitrogens with two attached hydrogens (primary N) is 1. The average Bonchev–Trinajstić information content (AvgIpc) is 2.35. The Bertz CT molecular complexity index is 539. The van der Waals surface area contributed by atoms with Gasteiger partial charge in [0.2, 0.25) is 10.0 Å². The number of halogens is 2. The third-order valence-corrected chi connectivity index (χ3v) is 5.49. The first-order valence-electron chi connectivity index (χ1n) is 7.12. The van der Waals surface area contributed by atoms with Crippen LogP contribution < -0.4 is 10.5 Å². The zero-order valence-electron chi connectivity index (χ0n) is 12.2. The summed E-state index contributed by atoms with van der Waals surface area (Å²) in [6, 6.07) is 2.76. The lowest BCUT2D eigenvalue weighted by Gasteiger charge is -2.10. The molecule has 0 atom stereocenters. The Morgan fingerprint density at radius 2 is 1.57 bits per heavy atom. The number of anilines is 1. The molecule has 0 aliphatic heterocycles. The molecule has 0 aliphatic carbocycles. The highest BCUT2D eigenvalue weighted by Gasteiger charge is 2.21. The van der Waals surface area contributed by atoms with E-state index in [0.717, 1.165) is 19.3 Å². The Balaban J connectivity index is 2.55. The molecule has 1 aromatic rings. The Morgan fingerprint density at radius 1 is 1.05 bits per heavy atom. The van der Waals surface area contributed by atoms with Crippen LogP contribution in [0, 0.1) is 0 Å². The standard InChI is InChI=1S/C14H22Cl2N2O2S/c1-2-3-4-5-6-7-8-18-21(19,20)14-12(15)9-11(17)10-13(14)16/h9-10,18H,2-8,17H2,1H3. The van der Waals surface area contributed by atoms with E-state index in [2.05, 4.69) is 11.6 Å². The number of nitrogen functional groups attached to an aromatic ring is 1. The number of sulfonamides is 1. The molecule has 3 N–H and O–H groups in total. The summed E-state index contributed by atoms with van der Waals surface area (Å²) in [5.74, 6) is 0. The first-order valence-corrected chi connectivity index (χ1v) is 9.36. The number of unbranched alkanes of at least 4 members (excludes halogenated alkanes) is 5. The van der Waals surface area contributed by atoms with Crippen LogP contribution >= 0.6 is 23.2 Å². The Morgan fingerprint density at radius 3 is 2.14 bits per heavy atom. The Kier molecular flexibility index (Phi) is 7.81. The lowest BCUT2D eigenvalue weighted by Crippen LogP contribution is -2.25. The summed E-state index contributed by atoms with van der Waals surface area (Å²) in [4.78, 5) is -0.106. The van der Waals surface area contributed by atoms with Crippen molar-refractivity contribution in [3.63, 3.8) is 0 Å². The molecule has 4 nitrogen and oxygen atoms in total. The normalized spacial score (nSPS) is 11.8. The maximum atomic E-state index is 12.2. The zero-order chi connectivity index (χ0) is 15.9. The van der Waals surface area contributed by atoms with Crippen molar-refractivity contribution in [2.45, 2.75) is 50.3 Å². The van der Waals surface area contributed by atoms with Gasteiger partial charge in [-0.1, -0.05) is 62.2 Å². The van der Waals surface area contributed by atoms with Gasteiger partial charge in [0.15, 0.2) is 0 Å². The van der Waals surface area contributed by atoms with Crippen molar-refractivity contribution in [1.29, 1.82) is 0 Å². The molecule has 0 amide bonds. The summed E-state index contributed by atoms with van der Waals surface area (Å²) in [5, 5.41) is 0.0749. The maximum Gasteiger partial charge on any atom is 0.243 e. The minimum atomic E-state index is -3.71. The second-order valence-electron chi connectivity index (χ2n) is 4.98. The summed E-state index contributed by atoms with van der Waals surface area (Å²) in [5.41, 5.74) is 5.90. The van der Waals surface area contributed by atoms with Crippen molar-refractivity contribution in [1.82, 2.24) is 4.72 Å². The minimum Gasteiger partial charge on any atom is -0.399 e. The molecule has 0 unspecified atom stereocenters. The molecular weight excluding hydrogens is 331 g/mol. The summed E-state index contributed by atoms with van der Waals surface area (Å²) in [7, 11) is -3.71. The maximum absolute atomic E-state index is 12.2. The highest BCUT2D eigenvalue weighted by atomic mass is 35.5. The van der Waals surface area contributed by atoms with Crippen molar-refractivity contribution in [3.05, 3.63) is 22.2 Å². The van der Waals surface area contributed by atoms with Crippen LogP contribution in [-0.2, 0) is 10.0 Å². The van der Waals surface area contributed by atoms with Gasteiger partial charge >= 0.3 is 0 Å². The molecule has 0 saturated carbocycles. The van der Waals surface area contributed by atoms with E-state index in [9.17, 15) is 8.42 Å². The Labute approximate surface area is 137 Å². The third kappa shape index (κ3) is 6.02. The minimum absolute atomic E-state index is 0.0374. The Hall–Kier alpha value is -0.490. The lowest BCUT2D eigenvalue weighted by atomic mass is 10.1. The van der Waals surface area contributed by atoms with Crippen LogP contribution in [0.15, 0.2) is 17.0 Å². The molecule has 0 radical (unpaired) electrons. The summed E-state index contributed by atoms with van der Waals surface area (Å²) in [6.07, 6.45) is 6.54. The van der Waals surface area contributed by atoms with Crippen LogP contribution in [0.3, 0.4) is 0 Å². The quantitative estimate of drug-likeness (QED) is 0.516. The van der Waals surface area contributed by atoms with Gasteiger partial charge in [-0.25, -0.2) is 13.1 Å². The van der Waals surface area contributed by atoms with Gasteiger partial charge in [0.1, 0.15) is 4.90 Å². The lowest BCUT2D eigenvalue weighted by molar-refractivity contribution is 0.568. The van der Waals surface area contributed by atoms with Gasteiger partial charge in [0.05, 0.1) is 10.0 Å². The number of rotatable bonds is 9. The second-order valence-corrected chi connectivity index (χ2v) is 7.50. The average molecular weight is 353 g/mol. The topological polar surface area (TPSA) is 72.2 Å². The fourth-order valence-electron chi connectivity index (χ4n) is 2.02. The first kappa shape index (κ1) is 18.6. The van der Waals surface area contributed by atoms with Crippen molar-refractivity contribution in [2.24, 2.45) is 0 Å². The van der Waals surface area contributed by atoms with E-state index in [4.69, 9.17) is 28.9 Å². The van der Waals surface area contributed by atoms with Crippen LogP contribution in [0.5, 0.6) is 0 Å². The fraction of sp³-hybridized carbons (Fsp3) is 0.571. The van der Waals surface area contributed by atoms with E-state index in [-0.39, 0.29) is 14.9 Å². The molecule has 1 aromatic carbocycles. The van der Waals surface area contributed by atoms with Gasteiger partial charge in [-0.3, -0.25) is 0 Å². The van der Waals surface area contributed by atoms with Crippen LogP contribution in [0.4, 0.5) is 5.69 Å². The largest absolute Gasteiger partial charge is 0.399 e. The zero-order valence-corrected chi connectivity index (χ0v) is 14.5. The SMILES string of the molecule is CCCCCCCCNS(=O)(=O)c1c(Cl)cc(N)cc1Cl. The van der Waals surface area contributed by atoms with Gasteiger partial charge in [0.25, 0.3) is 0 Å².